The van der Waals surface area contributed by atoms with E-state index >= 15 is 0 Å². The van der Waals surface area contributed by atoms with Crippen molar-refractivity contribution in [2.75, 3.05) is 17.4 Å². The van der Waals surface area contributed by atoms with E-state index in [1.54, 1.807) is 18.0 Å². The van der Waals surface area contributed by atoms with Gasteiger partial charge in [0.25, 0.3) is 0 Å². The molecule has 0 saturated carbocycles. The van der Waals surface area contributed by atoms with E-state index < -0.39 is 4.92 Å². The molecule has 0 aliphatic carbocycles. The van der Waals surface area contributed by atoms with Crippen LogP contribution in [0.15, 0.2) is 36.4 Å². The average molecular weight is 308 g/mol. The van der Waals surface area contributed by atoms with Crippen molar-refractivity contribution in [3.63, 3.8) is 0 Å². The third-order valence-electron chi connectivity index (χ3n) is 2.93. The first-order valence-corrected chi connectivity index (χ1v) is 6.47. The van der Waals surface area contributed by atoms with Gasteiger partial charge >= 0.3 is 5.69 Å². The van der Waals surface area contributed by atoms with Crippen molar-refractivity contribution in [1.29, 1.82) is 0 Å². The number of anilines is 2. The molecule has 0 spiro atoms. The lowest BCUT2D eigenvalue weighted by molar-refractivity contribution is -0.384. The number of aromatic nitrogens is 1. The molecule has 0 unspecified atom stereocenters. The van der Waals surface area contributed by atoms with Crippen LogP contribution in [0.2, 0.25) is 5.02 Å². The van der Waals surface area contributed by atoms with Gasteiger partial charge in [0.15, 0.2) is 0 Å². The summed E-state index contributed by atoms with van der Waals surface area (Å²) < 4.78 is 0. The van der Waals surface area contributed by atoms with Crippen LogP contribution in [0.4, 0.5) is 17.3 Å². The Balaban J connectivity index is 2.35. The monoisotopic (exact) mass is 307 g/mol. The van der Waals surface area contributed by atoms with Crippen molar-refractivity contribution in [3.05, 3.63) is 57.1 Å². The lowest BCUT2D eigenvalue weighted by Gasteiger charge is -2.19. The number of nitrogens with one attached hydrogen (secondary N) is 1. The Hall–Kier alpha value is -2.38. The average Bonchev–Trinajstić information content (AvgIpc) is 2.48. The summed E-state index contributed by atoms with van der Waals surface area (Å²) >= 11 is 6.10. The van der Waals surface area contributed by atoms with Gasteiger partial charge in [-0.3, -0.25) is 10.1 Å². The SMILES string of the molecule is CN(Cc1ccccc1Cl)c1nc(NN)ccc1[N+](=O)[O-]. The van der Waals surface area contributed by atoms with Crippen LogP contribution in [0, 0.1) is 10.1 Å². The molecule has 0 bridgehead atoms. The summed E-state index contributed by atoms with van der Waals surface area (Å²) in [7, 11) is 1.71. The van der Waals surface area contributed by atoms with Crippen molar-refractivity contribution >= 4 is 28.9 Å². The summed E-state index contributed by atoms with van der Waals surface area (Å²) in [6, 6.07) is 10.1. The van der Waals surface area contributed by atoms with Gasteiger partial charge in [-0.1, -0.05) is 29.8 Å². The largest absolute Gasteiger partial charge is 0.350 e. The number of halogens is 1. The molecule has 2 aromatic rings. The summed E-state index contributed by atoms with van der Waals surface area (Å²) in [5.41, 5.74) is 3.13. The fraction of sp³-hybridized carbons (Fsp3) is 0.154. The zero-order valence-electron chi connectivity index (χ0n) is 11.3. The van der Waals surface area contributed by atoms with E-state index in [0.29, 0.717) is 17.4 Å². The molecular formula is C13H14ClN5O2. The maximum absolute atomic E-state index is 11.1. The van der Waals surface area contributed by atoms with Crippen LogP contribution in [0.25, 0.3) is 0 Å². The number of nitrogens with zero attached hydrogens (tertiary/aromatic N) is 3. The normalized spacial score (nSPS) is 10.2. The third kappa shape index (κ3) is 3.39. The van der Waals surface area contributed by atoms with E-state index in [1.165, 1.54) is 12.1 Å². The zero-order valence-corrected chi connectivity index (χ0v) is 12.0. The van der Waals surface area contributed by atoms with Gasteiger partial charge in [-0.25, -0.2) is 10.8 Å². The quantitative estimate of drug-likeness (QED) is 0.500. The molecule has 1 aromatic carbocycles. The van der Waals surface area contributed by atoms with Gasteiger partial charge in [-0.15, -0.1) is 0 Å². The van der Waals surface area contributed by atoms with E-state index in [-0.39, 0.29) is 11.5 Å². The minimum Gasteiger partial charge on any atom is -0.350 e. The van der Waals surface area contributed by atoms with Crippen LogP contribution < -0.4 is 16.2 Å². The molecule has 0 aliphatic heterocycles. The second-order valence-corrected chi connectivity index (χ2v) is 4.80. The van der Waals surface area contributed by atoms with Crippen LogP contribution in [0.5, 0.6) is 0 Å². The van der Waals surface area contributed by atoms with Gasteiger partial charge in [-0.05, 0) is 17.7 Å². The van der Waals surface area contributed by atoms with Crippen molar-refractivity contribution in [3.8, 4) is 0 Å². The summed E-state index contributed by atoms with van der Waals surface area (Å²) in [6.45, 7) is 0.390. The fourth-order valence-corrected chi connectivity index (χ4v) is 2.10. The van der Waals surface area contributed by atoms with Gasteiger partial charge in [0.1, 0.15) is 5.82 Å². The number of hydrazine groups is 1. The Bertz CT molecular complexity index is 665. The maximum atomic E-state index is 11.1. The molecule has 0 atom stereocenters. The molecule has 0 radical (unpaired) electrons. The van der Waals surface area contributed by atoms with Crippen molar-refractivity contribution in [2.45, 2.75) is 6.54 Å². The van der Waals surface area contributed by atoms with Crippen molar-refractivity contribution < 1.29 is 4.92 Å². The lowest BCUT2D eigenvalue weighted by atomic mass is 10.2. The van der Waals surface area contributed by atoms with Crippen molar-refractivity contribution in [2.24, 2.45) is 5.84 Å². The Kier molecular flexibility index (Phi) is 4.56. The Morgan fingerprint density at radius 1 is 1.38 bits per heavy atom. The van der Waals surface area contributed by atoms with Gasteiger partial charge in [0, 0.05) is 24.7 Å². The lowest BCUT2D eigenvalue weighted by Crippen LogP contribution is -2.20. The predicted molar refractivity (Wildman–Crippen MR) is 82.3 cm³/mol. The molecule has 2 rings (SSSR count). The smallest absolute Gasteiger partial charge is 0.311 e. The summed E-state index contributed by atoms with van der Waals surface area (Å²) in [6.07, 6.45) is 0. The van der Waals surface area contributed by atoms with Crippen LogP contribution in [0.3, 0.4) is 0 Å². The Morgan fingerprint density at radius 3 is 2.71 bits per heavy atom. The van der Waals surface area contributed by atoms with E-state index in [9.17, 15) is 10.1 Å². The Labute approximate surface area is 126 Å². The molecule has 0 saturated heterocycles. The number of benzene rings is 1. The first-order chi connectivity index (χ1) is 10.0. The molecule has 0 aliphatic rings. The highest BCUT2D eigenvalue weighted by molar-refractivity contribution is 6.31. The van der Waals surface area contributed by atoms with E-state index in [4.69, 9.17) is 17.4 Å². The summed E-state index contributed by atoms with van der Waals surface area (Å²) in [5.74, 6) is 5.87. The van der Waals surface area contributed by atoms with Crippen molar-refractivity contribution in [1.82, 2.24) is 4.98 Å². The molecule has 21 heavy (non-hydrogen) atoms. The number of nitro groups is 1. The molecule has 3 N–H and O–H groups in total. The van der Waals surface area contributed by atoms with Crippen LogP contribution >= 0.6 is 11.6 Å². The number of pyridine rings is 1. The molecule has 0 fully saturated rings. The van der Waals surface area contributed by atoms with Crippen LogP contribution in [-0.4, -0.2) is 17.0 Å². The maximum Gasteiger partial charge on any atom is 0.311 e. The molecule has 7 nitrogen and oxygen atoms in total. The minimum atomic E-state index is -0.480. The van der Waals surface area contributed by atoms with Gasteiger partial charge in [0.2, 0.25) is 5.82 Å². The van der Waals surface area contributed by atoms with Gasteiger partial charge in [-0.2, -0.15) is 0 Å². The summed E-state index contributed by atoms with van der Waals surface area (Å²) in [4.78, 5) is 16.4. The number of hydrogen-bond donors (Lipinski definition) is 2. The molecular weight excluding hydrogens is 294 g/mol. The minimum absolute atomic E-state index is 0.0939. The molecule has 8 heteroatoms. The topological polar surface area (TPSA) is 97.3 Å². The molecule has 0 amide bonds. The summed E-state index contributed by atoms with van der Waals surface area (Å²) in [5, 5.41) is 11.7. The molecule has 110 valence electrons. The predicted octanol–water partition coefficient (Wildman–Crippen LogP) is 2.57. The first kappa shape index (κ1) is 15.0. The third-order valence-corrected chi connectivity index (χ3v) is 3.29. The van der Waals surface area contributed by atoms with Gasteiger partial charge < -0.3 is 10.3 Å². The van der Waals surface area contributed by atoms with E-state index in [2.05, 4.69) is 10.4 Å². The fourth-order valence-electron chi connectivity index (χ4n) is 1.90. The van der Waals surface area contributed by atoms with Gasteiger partial charge in [0.05, 0.1) is 4.92 Å². The zero-order chi connectivity index (χ0) is 15.4. The number of hydrogen-bond acceptors (Lipinski definition) is 6. The molecule has 1 aromatic heterocycles. The van der Waals surface area contributed by atoms with Crippen LogP contribution in [-0.2, 0) is 6.54 Å². The highest BCUT2D eigenvalue weighted by Crippen LogP contribution is 2.28. The second-order valence-electron chi connectivity index (χ2n) is 4.39. The first-order valence-electron chi connectivity index (χ1n) is 6.09. The Morgan fingerprint density at radius 2 is 2.10 bits per heavy atom. The highest BCUT2D eigenvalue weighted by atomic mass is 35.5. The number of rotatable bonds is 5. The highest BCUT2D eigenvalue weighted by Gasteiger charge is 2.20. The van der Waals surface area contributed by atoms with E-state index in [1.807, 2.05) is 18.2 Å². The standard InChI is InChI=1S/C13H14ClN5O2/c1-18(8-9-4-2-3-5-10(9)14)13-11(19(20)21)6-7-12(16-13)17-15/h2-7H,8,15H2,1H3,(H,16,17). The second kappa shape index (κ2) is 6.38. The van der Waals surface area contributed by atoms with Crippen LogP contribution in [0.1, 0.15) is 5.56 Å². The molecule has 1 heterocycles. The van der Waals surface area contributed by atoms with E-state index in [0.717, 1.165) is 5.56 Å². The number of nitrogens with two attached hydrogens (primary N) is 1. The number of nitrogen functional groups attached to an aromatic ring is 1.